The molecule has 0 atom stereocenters. The van der Waals surface area contributed by atoms with Crippen LogP contribution in [-0.4, -0.2) is 24.3 Å². The van der Waals surface area contributed by atoms with Crippen molar-refractivity contribution >= 4 is 17.4 Å². The van der Waals surface area contributed by atoms with Crippen LogP contribution in [0.15, 0.2) is 18.2 Å². The normalized spacial score (nSPS) is 20.2. The number of carbonyl (C=O) groups excluding carboxylic acids is 2. The maximum atomic E-state index is 13.0. The molecule has 10 heteroatoms. The van der Waals surface area contributed by atoms with E-state index >= 15 is 0 Å². The Balaban J connectivity index is 1.92. The van der Waals surface area contributed by atoms with Gasteiger partial charge >= 0.3 is 12.4 Å². The van der Waals surface area contributed by atoms with Crippen molar-refractivity contribution in [1.82, 2.24) is 5.32 Å². The van der Waals surface area contributed by atoms with Crippen molar-refractivity contribution in [3.63, 3.8) is 0 Å². The summed E-state index contributed by atoms with van der Waals surface area (Å²) in [6.45, 7) is 5.79. The molecule has 2 N–H and O–H groups in total. The molecule has 0 heterocycles. The average molecular weight is 466 g/mol. The minimum Gasteiger partial charge on any atom is -0.326 e. The van der Waals surface area contributed by atoms with E-state index in [2.05, 4.69) is 10.6 Å². The number of hydrogen-bond donors (Lipinski definition) is 2. The predicted molar refractivity (Wildman–Crippen MR) is 108 cm³/mol. The van der Waals surface area contributed by atoms with E-state index in [0.29, 0.717) is 25.0 Å². The van der Waals surface area contributed by atoms with Crippen LogP contribution in [-0.2, 0) is 21.9 Å². The number of amides is 1. The Bertz CT molecular complexity index is 787. The molecule has 1 aromatic rings. The monoisotopic (exact) mass is 466 g/mol. The average Bonchev–Trinajstić information content (AvgIpc) is 2.64. The molecule has 32 heavy (non-hydrogen) atoms. The van der Waals surface area contributed by atoms with Gasteiger partial charge in [0.25, 0.3) is 0 Å². The van der Waals surface area contributed by atoms with Gasteiger partial charge in [0.05, 0.1) is 17.7 Å². The molecule has 1 fully saturated rings. The topological polar surface area (TPSA) is 58.2 Å². The number of nitrogens with one attached hydrogen (secondary N) is 2. The number of carbonyl (C=O) groups is 2. The smallest absolute Gasteiger partial charge is 0.326 e. The lowest BCUT2D eigenvalue weighted by Crippen LogP contribution is -2.40. The van der Waals surface area contributed by atoms with Crippen LogP contribution in [0.25, 0.3) is 0 Å². The molecule has 0 radical (unpaired) electrons. The van der Waals surface area contributed by atoms with Crippen LogP contribution in [0, 0.1) is 11.3 Å². The summed E-state index contributed by atoms with van der Waals surface area (Å²) in [5.41, 5.74) is -3.91. The summed E-state index contributed by atoms with van der Waals surface area (Å²) in [6.07, 6.45) is -7.13. The number of alkyl halides is 6. The number of anilines is 1. The lowest BCUT2D eigenvalue weighted by Gasteiger charge is -2.29. The third kappa shape index (κ3) is 7.79. The van der Waals surface area contributed by atoms with Crippen LogP contribution in [0.3, 0.4) is 0 Å². The summed E-state index contributed by atoms with van der Waals surface area (Å²) >= 11 is 0. The first-order valence-electron chi connectivity index (χ1n) is 10.4. The second-order valence-corrected chi connectivity index (χ2v) is 9.32. The number of ketones is 1. The molecule has 0 aliphatic heterocycles. The second kappa shape index (κ2) is 9.80. The summed E-state index contributed by atoms with van der Waals surface area (Å²) in [5, 5.41) is 5.40. The van der Waals surface area contributed by atoms with Crippen molar-refractivity contribution in [2.45, 2.75) is 71.3 Å². The van der Waals surface area contributed by atoms with Gasteiger partial charge in [-0.15, -0.1) is 0 Å². The molecular weight excluding hydrogens is 438 g/mol. The zero-order valence-electron chi connectivity index (χ0n) is 18.2. The molecule has 1 saturated carbocycles. The molecule has 1 aromatic carbocycles. The maximum Gasteiger partial charge on any atom is 0.416 e. The van der Waals surface area contributed by atoms with Crippen LogP contribution in [0.1, 0.15) is 64.0 Å². The molecule has 1 amide bonds. The summed E-state index contributed by atoms with van der Waals surface area (Å²) < 4.78 is 77.7. The Labute approximate surface area is 183 Å². The van der Waals surface area contributed by atoms with Gasteiger partial charge < -0.3 is 10.6 Å². The third-order valence-corrected chi connectivity index (χ3v) is 5.58. The van der Waals surface area contributed by atoms with Crippen molar-refractivity contribution in [3.8, 4) is 0 Å². The highest BCUT2D eigenvalue weighted by atomic mass is 19.4. The van der Waals surface area contributed by atoms with Gasteiger partial charge in [-0.3, -0.25) is 9.59 Å². The van der Waals surface area contributed by atoms with Crippen molar-refractivity contribution in [2.24, 2.45) is 11.3 Å². The first-order chi connectivity index (χ1) is 14.6. The van der Waals surface area contributed by atoms with Gasteiger partial charge in [0.15, 0.2) is 5.78 Å². The summed E-state index contributed by atoms with van der Waals surface area (Å²) in [5.74, 6) is -0.561. The molecule has 4 nitrogen and oxygen atoms in total. The Morgan fingerprint density at radius 3 is 1.81 bits per heavy atom. The fourth-order valence-electron chi connectivity index (χ4n) is 3.57. The van der Waals surface area contributed by atoms with E-state index in [-0.39, 0.29) is 36.8 Å². The molecule has 0 bridgehead atoms. The lowest BCUT2D eigenvalue weighted by atomic mass is 9.83. The quantitative estimate of drug-likeness (QED) is 0.520. The van der Waals surface area contributed by atoms with Gasteiger partial charge in [-0.1, -0.05) is 20.8 Å². The Morgan fingerprint density at radius 2 is 1.38 bits per heavy atom. The van der Waals surface area contributed by atoms with Gasteiger partial charge in [0.1, 0.15) is 0 Å². The molecule has 0 unspecified atom stereocenters. The fourth-order valence-corrected chi connectivity index (χ4v) is 3.57. The van der Waals surface area contributed by atoms with Crippen molar-refractivity contribution in [3.05, 3.63) is 29.3 Å². The van der Waals surface area contributed by atoms with E-state index in [1.54, 1.807) is 0 Å². The fraction of sp³-hybridized carbons (Fsp3) is 0.636. The minimum atomic E-state index is -4.97. The van der Waals surface area contributed by atoms with Gasteiger partial charge in [-0.2, -0.15) is 26.3 Å². The van der Waals surface area contributed by atoms with Crippen LogP contribution in [0.5, 0.6) is 0 Å². The third-order valence-electron chi connectivity index (χ3n) is 5.58. The SMILES string of the molecule is CC(C)(C)C(=O)CN[C@H]1CC[C@@H](CC(=O)Nc2cc(C(F)(F)F)cc(C(F)(F)F)c2)CC1. The van der Waals surface area contributed by atoms with Gasteiger partial charge in [-0.05, 0) is 49.8 Å². The van der Waals surface area contributed by atoms with E-state index in [1.807, 2.05) is 20.8 Å². The standard InChI is InChI=1S/C22H28F6N2O2/c1-20(2,3)18(31)12-29-16-6-4-13(5-7-16)8-19(32)30-17-10-14(21(23,24)25)9-15(11-17)22(26,27)28/h9-11,13,16,29H,4-8,12H2,1-3H3,(H,30,32)/t13-,16+. The van der Waals surface area contributed by atoms with Crippen LogP contribution < -0.4 is 10.6 Å². The van der Waals surface area contributed by atoms with Gasteiger partial charge in [-0.25, -0.2) is 0 Å². The van der Waals surface area contributed by atoms with E-state index in [4.69, 9.17) is 0 Å². The molecule has 0 spiro atoms. The zero-order chi connectivity index (χ0) is 24.3. The summed E-state index contributed by atoms with van der Waals surface area (Å²) in [7, 11) is 0. The van der Waals surface area contributed by atoms with Crippen LogP contribution in [0.4, 0.5) is 32.0 Å². The van der Waals surface area contributed by atoms with Gasteiger partial charge in [0, 0.05) is 23.6 Å². The van der Waals surface area contributed by atoms with E-state index in [9.17, 15) is 35.9 Å². The molecule has 1 aliphatic rings. The van der Waals surface area contributed by atoms with Gasteiger partial charge in [0.2, 0.25) is 5.91 Å². The number of rotatable bonds is 6. The number of hydrogen-bond acceptors (Lipinski definition) is 3. The first kappa shape index (κ1) is 26.2. The van der Waals surface area contributed by atoms with Crippen molar-refractivity contribution in [1.29, 1.82) is 0 Å². The zero-order valence-corrected chi connectivity index (χ0v) is 18.2. The molecule has 180 valence electrons. The Hall–Kier alpha value is -2.10. The molecular formula is C22H28F6N2O2. The van der Waals surface area contributed by atoms with E-state index in [0.717, 1.165) is 12.8 Å². The highest BCUT2D eigenvalue weighted by Gasteiger charge is 2.37. The largest absolute Gasteiger partial charge is 0.416 e. The molecule has 2 rings (SSSR count). The van der Waals surface area contributed by atoms with E-state index in [1.165, 1.54) is 0 Å². The Kier molecular flexibility index (Phi) is 8.01. The first-order valence-corrected chi connectivity index (χ1v) is 10.4. The maximum absolute atomic E-state index is 13.0. The molecule has 1 aliphatic carbocycles. The van der Waals surface area contributed by atoms with Crippen LogP contribution in [0.2, 0.25) is 0 Å². The summed E-state index contributed by atoms with van der Waals surface area (Å²) in [4.78, 5) is 24.3. The minimum absolute atomic E-state index is 0.00520. The predicted octanol–water partition coefficient (Wildman–Crippen LogP) is 5.82. The molecule has 0 saturated heterocycles. The highest BCUT2D eigenvalue weighted by molar-refractivity contribution is 5.91. The summed E-state index contributed by atoms with van der Waals surface area (Å²) in [6, 6.07) is 1.16. The van der Waals surface area contributed by atoms with Crippen molar-refractivity contribution in [2.75, 3.05) is 11.9 Å². The number of benzene rings is 1. The van der Waals surface area contributed by atoms with E-state index < -0.39 is 40.5 Å². The van der Waals surface area contributed by atoms with Crippen LogP contribution >= 0.6 is 0 Å². The molecule has 0 aromatic heterocycles. The highest BCUT2D eigenvalue weighted by Crippen LogP contribution is 2.37. The number of halogens is 6. The Morgan fingerprint density at radius 1 is 0.875 bits per heavy atom. The lowest BCUT2D eigenvalue weighted by molar-refractivity contribution is -0.143. The van der Waals surface area contributed by atoms with Crippen molar-refractivity contribution < 1.29 is 35.9 Å². The second-order valence-electron chi connectivity index (χ2n) is 9.32. The number of Topliss-reactive ketones (excluding diaryl/α,β-unsaturated/α-hetero) is 1.